The molecule has 0 aromatic heterocycles. The zero-order valence-electron chi connectivity index (χ0n) is 9.88. The number of nitrogens with zero attached hydrogens (tertiary/aromatic N) is 1. The van der Waals surface area contributed by atoms with Gasteiger partial charge in [0.25, 0.3) is 5.69 Å². The third-order valence-electron chi connectivity index (χ3n) is 3.18. The number of anilines is 1. The molecule has 0 fully saturated rings. The van der Waals surface area contributed by atoms with Crippen molar-refractivity contribution in [1.29, 1.82) is 0 Å². The topological polar surface area (TPSA) is 55.2 Å². The number of non-ortho nitro benzene ring substituents is 1. The summed E-state index contributed by atoms with van der Waals surface area (Å²) in [6.07, 6.45) is 5.91. The van der Waals surface area contributed by atoms with E-state index in [9.17, 15) is 10.1 Å². The van der Waals surface area contributed by atoms with Crippen LogP contribution in [0.2, 0.25) is 0 Å². The third kappa shape index (κ3) is 2.17. The molecule has 0 saturated heterocycles. The lowest BCUT2D eigenvalue weighted by Crippen LogP contribution is -1.99. The minimum atomic E-state index is -0.366. The normalized spacial score (nSPS) is 17.4. The van der Waals surface area contributed by atoms with Gasteiger partial charge in [-0.15, -0.1) is 0 Å². The Bertz CT molecular complexity index is 650. The summed E-state index contributed by atoms with van der Waals surface area (Å²) in [7, 11) is 0. The predicted molar refractivity (Wildman–Crippen MR) is 82.2 cm³/mol. The second kappa shape index (κ2) is 4.79. The first-order valence-electron chi connectivity index (χ1n) is 5.82. The molecule has 1 aromatic carbocycles. The molecule has 0 bridgehead atoms. The highest BCUT2D eigenvalue weighted by molar-refractivity contribution is 8.24. The number of nitro groups is 1. The van der Waals surface area contributed by atoms with Crippen molar-refractivity contribution >= 4 is 45.3 Å². The Morgan fingerprint density at radius 2 is 2.26 bits per heavy atom. The number of nitro benzene ring substituents is 1. The first-order chi connectivity index (χ1) is 9.16. The fraction of sp³-hybridized carbons (Fsp3) is 0.154. The van der Waals surface area contributed by atoms with Gasteiger partial charge in [-0.25, -0.2) is 0 Å². The van der Waals surface area contributed by atoms with Crippen LogP contribution in [0.25, 0.3) is 5.57 Å². The molecule has 1 aliphatic heterocycles. The van der Waals surface area contributed by atoms with E-state index in [0.29, 0.717) is 0 Å². The van der Waals surface area contributed by atoms with Gasteiger partial charge in [0.1, 0.15) is 0 Å². The highest BCUT2D eigenvalue weighted by atomic mass is 32.2. The van der Waals surface area contributed by atoms with E-state index in [-0.39, 0.29) is 10.6 Å². The predicted octanol–water partition coefficient (Wildman–Crippen LogP) is 4.10. The van der Waals surface area contributed by atoms with Gasteiger partial charge in [0.2, 0.25) is 0 Å². The molecule has 0 atom stereocenters. The van der Waals surface area contributed by atoms with E-state index in [1.807, 2.05) is 6.08 Å². The van der Waals surface area contributed by atoms with E-state index in [0.717, 1.165) is 39.4 Å². The van der Waals surface area contributed by atoms with Gasteiger partial charge < -0.3 is 4.72 Å². The fourth-order valence-electron chi connectivity index (χ4n) is 2.28. The molecule has 2 aliphatic rings. The fourth-order valence-corrected chi connectivity index (χ4v) is 3.27. The number of rotatable bonds is 1. The van der Waals surface area contributed by atoms with E-state index >= 15 is 0 Å². The minimum Gasteiger partial charge on any atom is -0.324 e. The molecule has 4 nitrogen and oxygen atoms in total. The number of nitrogens with one attached hydrogen (secondary N) is 1. The van der Waals surface area contributed by atoms with Crippen molar-refractivity contribution in [3.63, 3.8) is 0 Å². The molecule has 1 aromatic rings. The maximum absolute atomic E-state index is 10.9. The summed E-state index contributed by atoms with van der Waals surface area (Å²) in [4.78, 5) is 10.6. The number of fused-ring (bicyclic) bond motifs is 2. The van der Waals surface area contributed by atoms with Crippen LogP contribution in [0, 0.1) is 10.1 Å². The summed E-state index contributed by atoms with van der Waals surface area (Å²) in [6, 6.07) is 4.89. The molecule has 6 heteroatoms. The molecular formula is C13H10N2O2S2. The molecule has 1 heterocycles. The standard InChI is InChI=1S/C13H10N2O2S2/c16-15(17)8-5-6-12-11(7-8)9-3-1-2-4-10(9)13(18)19-14-12/h2,4-7,14H,1,3H2. The number of benzene rings is 1. The van der Waals surface area contributed by atoms with Gasteiger partial charge >= 0.3 is 0 Å². The van der Waals surface area contributed by atoms with E-state index in [2.05, 4.69) is 10.8 Å². The van der Waals surface area contributed by atoms with Crippen molar-refractivity contribution < 1.29 is 4.92 Å². The summed E-state index contributed by atoms with van der Waals surface area (Å²) in [5.41, 5.74) is 4.00. The smallest absolute Gasteiger partial charge is 0.270 e. The highest BCUT2D eigenvalue weighted by Gasteiger charge is 2.23. The van der Waals surface area contributed by atoms with Crippen molar-refractivity contribution in [2.45, 2.75) is 12.8 Å². The second-order valence-electron chi connectivity index (χ2n) is 4.31. The Kier molecular flexibility index (Phi) is 3.12. The SMILES string of the molecule is O=[N+]([O-])c1ccc2c(c1)C1=C(C=CCC1)C(=S)SN2. The van der Waals surface area contributed by atoms with Crippen molar-refractivity contribution in [3.8, 4) is 0 Å². The third-order valence-corrected chi connectivity index (χ3v) is 4.38. The lowest BCUT2D eigenvalue weighted by molar-refractivity contribution is -0.384. The maximum Gasteiger partial charge on any atom is 0.270 e. The van der Waals surface area contributed by atoms with Crippen LogP contribution in [0.3, 0.4) is 0 Å². The van der Waals surface area contributed by atoms with Crippen molar-refractivity contribution in [2.24, 2.45) is 0 Å². The van der Waals surface area contributed by atoms with Crippen LogP contribution in [-0.2, 0) is 0 Å². The van der Waals surface area contributed by atoms with Crippen molar-refractivity contribution in [2.75, 3.05) is 4.72 Å². The molecule has 0 saturated carbocycles. The zero-order valence-corrected chi connectivity index (χ0v) is 11.5. The van der Waals surface area contributed by atoms with Crippen LogP contribution in [0.1, 0.15) is 18.4 Å². The summed E-state index contributed by atoms with van der Waals surface area (Å²) in [5, 5.41) is 10.9. The van der Waals surface area contributed by atoms with Crippen LogP contribution in [0.4, 0.5) is 11.4 Å². The molecule has 0 radical (unpaired) electrons. The first-order valence-corrected chi connectivity index (χ1v) is 7.05. The van der Waals surface area contributed by atoms with Crippen LogP contribution in [0.5, 0.6) is 0 Å². The summed E-state index contributed by atoms with van der Waals surface area (Å²) in [6.45, 7) is 0. The Morgan fingerprint density at radius 3 is 3.05 bits per heavy atom. The van der Waals surface area contributed by atoms with E-state index in [1.54, 1.807) is 12.1 Å². The van der Waals surface area contributed by atoms with Gasteiger partial charge in [-0.2, -0.15) is 0 Å². The molecule has 1 aliphatic carbocycles. The number of hydrogen-bond acceptors (Lipinski definition) is 5. The Morgan fingerprint density at radius 1 is 1.42 bits per heavy atom. The number of hydrogen-bond donors (Lipinski definition) is 1. The summed E-state index contributed by atoms with van der Waals surface area (Å²) < 4.78 is 3.96. The molecule has 0 amide bonds. The van der Waals surface area contributed by atoms with Gasteiger partial charge in [-0.1, -0.05) is 24.4 Å². The van der Waals surface area contributed by atoms with Crippen LogP contribution >= 0.6 is 24.2 Å². The lowest BCUT2D eigenvalue weighted by Gasteiger charge is -2.14. The average molecular weight is 290 g/mol. The molecule has 96 valence electrons. The molecule has 3 rings (SSSR count). The van der Waals surface area contributed by atoms with Crippen LogP contribution in [-0.4, -0.2) is 9.12 Å². The zero-order chi connectivity index (χ0) is 13.4. The van der Waals surface area contributed by atoms with E-state index < -0.39 is 0 Å². The summed E-state index contributed by atoms with van der Waals surface area (Å²) in [5.74, 6) is 0. The van der Waals surface area contributed by atoms with Crippen LogP contribution in [0.15, 0.2) is 35.9 Å². The Hall–Kier alpha value is -1.66. The molecule has 1 N–H and O–H groups in total. The number of allylic oxidation sites excluding steroid dienone is 3. The van der Waals surface area contributed by atoms with Gasteiger partial charge in [0.05, 0.1) is 14.8 Å². The summed E-state index contributed by atoms with van der Waals surface area (Å²) >= 11 is 6.76. The first kappa shape index (κ1) is 12.4. The lowest BCUT2D eigenvalue weighted by atomic mass is 9.91. The monoisotopic (exact) mass is 290 g/mol. The highest BCUT2D eigenvalue weighted by Crippen LogP contribution is 2.40. The second-order valence-corrected chi connectivity index (χ2v) is 5.80. The Labute approximate surface area is 119 Å². The van der Waals surface area contributed by atoms with E-state index in [1.165, 1.54) is 18.0 Å². The molecule has 0 spiro atoms. The quantitative estimate of drug-likeness (QED) is 0.365. The molecule has 19 heavy (non-hydrogen) atoms. The van der Waals surface area contributed by atoms with Gasteiger partial charge in [-0.3, -0.25) is 10.1 Å². The van der Waals surface area contributed by atoms with Crippen LogP contribution < -0.4 is 4.72 Å². The molecule has 0 unspecified atom stereocenters. The Balaban J connectivity index is 2.22. The largest absolute Gasteiger partial charge is 0.324 e. The van der Waals surface area contributed by atoms with Gasteiger partial charge in [-0.05, 0) is 36.4 Å². The number of thiocarbonyl (C=S) groups is 1. The molecular weight excluding hydrogens is 280 g/mol. The maximum atomic E-state index is 10.9. The average Bonchev–Trinajstić information content (AvgIpc) is 2.57. The van der Waals surface area contributed by atoms with Crippen molar-refractivity contribution in [3.05, 3.63) is 51.6 Å². The minimum absolute atomic E-state index is 0.111. The van der Waals surface area contributed by atoms with Crippen molar-refractivity contribution in [1.82, 2.24) is 0 Å². The van der Waals surface area contributed by atoms with E-state index in [4.69, 9.17) is 12.2 Å². The van der Waals surface area contributed by atoms with Gasteiger partial charge in [0, 0.05) is 23.3 Å². The van der Waals surface area contributed by atoms with Gasteiger partial charge in [0.15, 0.2) is 0 Å².